The van der Waals surface area contributed by atoms with E-state index in [9.17, 15) is 19.5 Å². The van der Waals surface area contributed by atoms with Gasteiger partial charge >= 0.3 is 17.9 Å². The Kier molecular flexibility index (Phi) is 3.57. The van der Waals surface area contributed by atoms with Crippen LogP contribution in [0.15, 0.2) is 11.6 Å². The van der Waals surface area contributed by atoms with Crippen molar-refractivity contribution in [3.63, 3.8) is 0 Å². The van der Waals surface area contributed by atoms with Crippen LogP contribution in [0, 0.1) is 16.7 Å². The summed E-state index contributed by atoms with van der Waals surface area (Å²) >= 11 is 0. The third-order valence-electron chi connectivity index (χ3n) is 6.10. The van der Waals surface area contributed by atoms with Crippen molar-refractivity contribution in [3.8, 4) is 0 Å². The van der Waals surface area contributed by atoms with Gasteiger partial charge in [0.1, 0.15) is 12.7 Å². The quantitative estimate of drug-likeness (QED) is 0.417. The van der Waals surface area contributed by atoms with Crippen LogP contribution in [-0.4, -0.2) is 46.4 Å². The van der Waals surface area contributed by atoms with E-state index < -0.39 is 40.9 Å². The summed E-state index contributed by atoms with van der Waals surface area (Å²) in [7, 11) is 0. The molecule has 24 heavy (non-hydrogen) atoms. The zero-order valence-electron chi connectivity index (χ0n) is 14.0. The van der Waals surface area contributed by atoms with E-state index in [1.54, 1.807) is 6.92 Å². The lowest BCUT2D eigenvalue weighted by molar-refractivity contribution is -0.198. The molecular formula is C17H22O7. The number of fused-ring (bicyclic) bond motifs is 3. The molecule has 0 unspecified atom stereocenters. The fourth-order valence-corrected chi connectivity index (χ4v) is 5.12. The molecule has 0 amide bonds. The number of carbonyl (C=O) groups is 3. The Balaban J connectivity index is 2.13. The van der Waals surface area contributed by atoms with Crippen LogP contribution in [-0.2, 0) is 23.9 Å². The maximum atomic E-state index is 12.3. The zero-order valence-corrected chi connectivity index (χ0v) is 14.0. The van der Waals surface area contributed by atoms with Gasteiger partial charge < -0.3 is 19.7 Å². The van der Waals surface area contributed by atoms with E-state index >= 15 is 0 Å². The van der Waals surface area contributed by atoms with Crippen molar-refractivity contribution in [2.24, 2.45) is 16.7 Å². The lowest BCUT2D eigenvalue weighted by Crippen LogP contribution is -2.65. The molecule has 1 aliphatic heterocycles. The van der Waals surface area contributed by atoms with Crippen LogP contribution in [0.25, 0.3) is 0 Å². The van der Waals surface area contributed by atoms with Gasteiger partial charge in [-0.2, -0.15) is 0 Å². The van der Waals surface area contributed by atoms with Crippen LogP contribution in [0.2, 0.25) is 0 Å². The number of ether oxygens (including phenoxy) is 2. The maximum Gasteiger partial charge on any atom is 0.417 e. The van der Waals surface area contributed by atoms with Gasteiger partial charge in [-0.15, -0.1) is 0 Å². The van der Waals surface area contributed by atoms with Crippen molar-refractivity contribution in [2.75, 3.05) is 6.61 Å². The number of carboxylic acids is 1. The van der Waals surface area contributed by atoms with Gasteiger partial charge in [-0.3, -0.25) is 0 Å². The van der Waals surface area contributed by atoms with E-state index in [1.165, 1.54) is 6.08 Å². The maximum absolute atomic E-state index is 12.3. The third-order valence-corrected chi connectivity index (χ3v) is 6.10. The summed E-state index contributed by atoms with van der Waals surface area (Å²) in [6.07, 6.45) is 2.88. The molecule has 0 aromatic carbocycles. The molecule has 1 saturated heterocycles. The number of hydrogen-bond acceptors (Lipinski definition) is 6. The fraction of sp³-hybridized carbons (Fsp3) is 0.706. The SMILES string of the molecule is CC1(C)CCC[C@]2(C)[C@@H]1[C@@H](OC(=O)C(=O)O)C=C1COC(=O)[C@@]12O. The monoisotopic (exact) mass is 338 g/mol. The number of carbonyl (C=O) groups excluding carboxylic acids is 2. The summed E-state index contributed by atoms with van der Waals surface area (Å²) in [6, 6.07) is 0. The number of rotatable bonds is 1. The minimum Gasteiger partial charge on any atom is -0.473 e. The molecule has 4 atom stereocenters. The van der Waals surface area contributed by atoms with Crippen molar-refractivity contribution < 1.29 is 34.1 Å². The first kappa shape index (κ1) is 17.0. The van der Waals surface area contributed by atoms with Crippen LogP contribution in [0.4, 0.5) is 0 Å². The van der Waals surface area contributed by atoms with Crippen LogP contribution < -0.4 is 0 Å². The largest absolute Gasteiger partial charge is 0.473 e. The summed E-state index contributed by atoms with van der Waals surface area (Å²) in [6.45, 7) is 5.71. The molecule has 2 N–H and O–H groups in total. The summed E-state index contributed by atoms with van der Waals surface area (Å²) < 4.78 is 10.3. The highest BCUT2D eigenvalue weighted by molar-refractivity contribution is 6.28. The van der Waals surface area contributed by atoms with Gasteiger partial charge in [0, 0.05) is 16.9 Å². The Bertz CT molecular complexity index is 649. The molecule has 3 rings (SSSR count). The summed E-state index contributed by atoms with van der Waals surface area (Å²) in [4.78, 5) is 34.8. The first-order chi connectivity index (χ1) is 11.0. The van der Waals surface area contributed by atoms with Crippen molar-refractivity contribution in [3.05, 3.63) is 11.6 Å². The average Bonchev–Trinajstić information content (AvgIpc) is 2.75. The molecule has 0 radical (unpaired) electrons. The third kappa shape index (κ3) is 2.03. The zero-order chi connectivity index (χ0) is 17.9. The van der Waals surface area contributed by atoms with Gasteiger partial charge in [0.05, 0.1) is 0 Å². The van der Waals surface area contributed by atoms with Crippen LogP contribution in [0.1, 0.15) is 40.0 Å². The van der Waals surface area contributed by atoms with E-state index in [2.05, 4.69) is 0 Å². The second-order valence-corrected chi connectivity index (χ2v) is 7.89. The van der Waals surface area contributed by atoms with Gasteiger partial charge in [-0.25, -0.2) is 14.4 Å². The van der Waals surface area contributed by atoms with Gasteiger partial charge in [0.2, 0.25) is 0 Å². The highest BCUT2D eigenvalue weighted by Gasteiger charge is 2.69. The Morgan fingerprint density at radius 3 is 2.58 bits per heavy atom. The number of hydrogen-bond donors (Lipinski definition) is 2. The first-order valence-corrected chi connectivity index (χ1v) is 8.09. The molecule has 3 aliphatic rings. The Hall–Kier alpha value is -1.89. The molecule has 0 aromatic heterocycles. The van der Waals surface area contributed by atoms with Gasteiger partial charge in [-0.05, 0) is 24.3 Å². The lowest BCUT2D eigenvalue weighted by Gasteiger charge is -2.59. The molecule has 7 heteroatoms. The highest BCUT2D eigenvalue weighted by Crippen LogP contribution is 2.63. The average molecular weight is 338 g/mol. The fourth-order valence-electron chi connectivity index (χ4n) is 5.12. The second kappa shape index (κ2) is 5.05. The van der Waals surface area contributed by atoms with E-state index in [0.717, 1.165) is 12.8 Å². The topological polar surface area (TPSA) is 110 Å². The van der Waals surface area contributed by atoms with Crippen molar-refractivity contribution in [2.45, 2.75) is 51.7 Å². The van der Waals surface area contributed by atoms with Crippen LogP contribution in [0.5, 0.6) is 0 Å². The van der Waals surface area contributed by atoms with Gasteiger partial charge in [0.15, 0.2) is 5.60 Å². The molecule has 2 aliphatic carbocycles. The highest BCUT2D eigenvalue weighted by atomic mass is 16.6. The van der Waals surface area contributed by atoms with Gasteiger partial charge in [0.25, 0.3) is 0 Å². The molecule has 7 nitrogen and oxygen atoms in total. The molecule has 2 fully saturated rings. The van der Waals surface area contributed by atoms with Gasteiger partial charge in [-0.1, -0.05) is 27.2 Å². The Morgan fingerprint density at radius 2 is 1.96 bits per heavy atom. The second-order valence-electron chi connectivity index (χ2n) is 7.89. The molecule has 1 saturated carbocycles. The normalized spacial score (nSPS) is 40.0. The number of cyclic esters (lactones) is 1. The standard InChI is InChI=1S/C17H22O7/c1-15(2)5-4-6-16(3)11(15)10(24-13(20)12(18)19)7-9-8-23-14(21)17(9,16)22/h7,10-11,22H,4-6,8H2,1-3H3,(H,18,19)/t10-,11+,16+,17-/m0/s1. The first-order valence-electron chi connectivity index (χ1n) is 8.09. The van der Waals surface area contributed by atoms with Crippen molar-refractivity contribution in [1.29, 1.82) is 0 Å². The van der Waals surface area contributed by atoms with E-state index in [4.69, 9.17) is 14.6 Å². The van der Waals surface area contributed by atoms with Crippen LogP contribution >= 0.6 is 0 Å². The predicted molar refractivity (Wildman–Crippen MR) is 80.7 cm³/mol. The molecule has 132 valence electrons. The number of esters is 2. The van der Waals surface area contributed by atoms with E-state index in [1.807, 2.05) is 13.8 Å². The molecule has 0 spiro atoms. The van der Waals surface area contributed by atoms with Crippen molar-refractivity contribution >= 4 is 17.9 Å². The minimum atomic E-state index is -1.75. The summed E-state index contributed by atoms with van der Waals surface area (Å²) in [5, 5.41) is 20.1. The Labute approximate surface area is 139 Å². The summed E-state index contributed by atoms with van der Waals surface area (Å²) in [5.74, 6) is -4.08. The van der Waals surface area contributed by atoms with E-state index in [0.29, 0.717) is 12.0 Å². The minimum absolute atomic E-state index is 0.0702. The smallest absolute Gasteiger partial charge is 0.417 e. The number of aliphatic carboxylic acids is 1. The molecule has 0 bridgehead atoms. The molecule has 0 aromatic rings. The lowest BCUT2D eigenvalue weighted by atomic mass is 9.46. The van der Waals surface area contributed by atoms with Crippen molar-refractivity contribution in [1.82, 2.24) is 0 Å². The summed E-state index contributed by atoms with van der Waals surface area (Å²) in [5.41, 5.74) is -2.64. The molecule has 1 heterocycles. The van der Waals surface area contributed by atoms with Crippen LogP contribution in [0.3, 0.4) is 0 Å². The Morgan fingerprint density at radius 1 is 1.29 bits per heavy atom. The number of carboxylic acid groups (broad SMARTS) is 1. The number of aliphatic hydroxyl groups is 1. The van der Waals surface area contributed by atoms with E-state index in [-0.39, 0.29) is 12.0 Å². The predicted octanol–water partition coefficient (Wildman–Crippen LogP) is 1.04. The molecular weight excluding hydrogens is 316 g/mol.